The molecule has 0 aliphatic heterocycles. The van der Waals surface area contributed by atoms with Gasteiger partial charge in [-0.05, 0) is 19.1 Å². The molecule has 0 fully saturated rings. The topological polar surface area (TPSA) is 78.6 Å². The highest BCUT2D eigenvalue weighted by Gasteiger charge is 2.13. The molecule has 104 valence electrons. The second-order valence-electron chi connectivity index (χ2n) is 3.61. The van der Waals surface area contributed by atoms with Crippen LogP contribution in [0.1, 0.15) is 23.7 Å². The minimum atomic E-state index is -0.435. The molecule has 0 aliphatic rings. The summed E-state index contributed by atoms with van der Waals surface area (Å²) in [6.45, 7) is 2.04. The maximum atomic E-state index is 11.7. The van der Waals surface area contributed by atoms with E-state index >= 15 is 0 Å². The Balaban J connectivity index is 2.72. The van der Waals surface area contributed by atoms with Crippen molar-refractivity contribution >= 4 is 29.4 Å². The lowest BCUT2D eigenvalue weighted by atomic mass is 10.2. The molecule has 0 amide bonds. The molecule has 0 radical (unpaired) electrons. The van der Waals surface area contributed by atoms with E-state index in [2.05, 4.69) is 4.74 Å². The van der Waals surface area contributed by atoms with Crippen LogP contribution in [0.4, 0.5) is 5.69 Å². The van der Waals surface area contributed by atoms with Crippen molar-refractivity contribution in [2.45, 2.75) is 18.2 Å². The quantitative estimate of drug-likeness (QED) is 0.489. The molecule has 0 bridgehead atoms. The zero-order valence-electron chi connectivity index (χ0n) is 11.0. The van der Waals surface area contributed by atoms with Crippen LogP contribution in [0.5, 0.6) is 0 Å². The molecule has 5 nitrogen and oxygen atoms in total. The summed E-state index contributed by atoms with van der Waals surface area (Å²) in [6.07, 6.45) is 0.296. The van der Waals surface area contributed by atoms with E-state index in [0.29, 0.717) is 30.0 Å². The number of carbonyl (C=O) groups excluding carboxylic acids is 2. The maximum absolute atomic E-state index is 11.7. The third-order valence-corrected chi connectivity index (χ3v) is 3.43. The normalized spacial score (nSPS) is 10.0. The number of methoxy groups -OCH3 is 1. The van der Waals surface area contributed by atoms with E-state index in [1.807, 2.05) is 0 Å². The van der Waals surface area contributed by atoms with Crippen LogP contribution >= 0.6 is 11.8 Å². The first-order chi connectivity index (χ1) is 9.10. The zero-order valence-corrected chi connectivity index (χ0v) is 11.8. The Kier molecular flexibility index (Phi) is 6.21. The highest BCUT2D eigenvalue weighted by Crippen LogP contribution is 2.28. The van der Waals surface area contributed by atoms with Crippen LogP contribution in [0.15, 0.2) is 23.1 Å². The SMILES string of the molecule is CCOC(=O)c1cccc(SCCC(=O)OC)c1N. The molecule has 0 aliphatic carbocycles. The summed E-state index contributed by atoms with van der Waals surface area (Å²) in [5, 5.41) is 0. The van der Waals surface area contributed by atoms with Crippen LogP contribution in [0.3, 0.4) is 0 Å². The third kappa shape index (κ3) is 4.48. The number of nitrogens with two attached hydrogens (primary N) is 1. The summed E-state index contributed by atoms with van der Waals surface area (Å²) in [6, 6.07) is 5.17. The summed E-state index contributed by atoms with van der Waals surface area (Å²) in [5.41, 5.74) is 6.66. The van der Waals surface area contributed by atoms with Gasteiger partial charge in [0.1, 0.15) is 0 Å². The molecule has 6 heteroatoms. The molecule has 1 rings (SSSR count). The summed E-state index contributed by atoms with van der Waals surface area (Å²) >= 11 is 1.41. The third-order valence-electron chi connectivity index (χ3n) is 2.35. The van der Waals surface area contributed by atoms with Crippen LogP contribution in [-0.2, 0) is 14.3 Å². The molecule has 0 aromatic heterocycles. The van der Waals surface area contributed by atoms with Crippen molar-refractivity contribution in [2.24, 2.45) is 0 Å². The van der Waals surface area contributed by atoms with Gasteiger partial charge in [-0.25, -0.2) is 4.79 Å². The predicted octanol–water partition coefficient (Wildman–Crippen LogP) is 2.10. The first-order valence-corrected chi connectivity index (χ1v) is 6.84. The maximum Gasteiger partial charge on any atom is 0.340 e. The van der Waals surface area contributed by atoms with E-state index in [4.69, 9.17) is 10.5 Å². The lowest BCUT2D eigenvalue weighted by Crippen LogP contribution is -2.08. The molecule has 0 spiro atoms. The van der Waals surface area contributed by atoms with Gasteiger partial charge in [-0.3, -0.25) is 4.79 Å². The lowest BCUT2D eigenvalue weighted by Gasteiger charge is -2.09. The minimum Gasteiger partial charge on any atom is -0.469 e. The Hall–Kier alpha value is -1.69. The van der Waals surface area contributed by atoms with E-state index in [-0.39, 0.29) is 5.97 Å². The van der Waals surface area contributed by atoms with E-state index in [1.165, 1.54) is 18.9 Å². The number of benzene rings is 1. The highest BCUT2D eigenvalue weighted by molar-refractivity contribution is 7.99. The van der Waals surface area contributed by atoms with E-state index in [1.54, 1.807) is 25.1 Å². The fourth-order valence-corrected chi connectivity index (χ4v) is 2.33. The molecule has 0 saturated carbocycles. The fraction of sp³-hybridized carbons (Fsp3) is 0.385. The van der Waals surface area contributed by atoms with Crippen molar-refractivity contribution in [1.82, 2.24) is 0 Å². The Morgan fingerprint density at radius 1 is 1.37 bits per heavy atom. The van der Waals surface area contributed by atoms with Crippen molar-refractivity contribution in [2.75, 3.05) is 25.2 Å². The van der Waals surface area contributed by atoms with Crippen molar-refractivity contribution in [3.63, 3.8) is 0 Å². The number of hydrogen-bond acceptors (Lipinski definition) is 6. The number of hydrogen-bond donors (Lipinski definition) is 1. The molecule has 0 saturated heterocycles. The molecule has 1 aromatic carbocycles. The van der Waals surface area contributed by atoms with Gasteiger partial charge in [0.15, 0.2) is 0 Å². The molecule has 0 unspecified atom stereocenters. The Bertz CT molecular complexity index is 462. The number of anilines is 1. The van der Waals surface area contributed by atoms with Gasteiger partial charge in [0.2, 0.25) is 0 Å². The zero-order chi connectivity index (χ0) is 14.3. The van der Waals surface area contributed by atoms with Crippen LogP contribution in [0.25, 0.3) is 0 Å². The largest absolute Gasteiger partial charge is 0.469 e. The number of carbonyl (C=O) groups is 2. The summed E-state index contributed by atoms with van der Waals surface area (Å²) in [7, 11) is 1.35. The average Bonchev–Trinajstić information content (AvgIpc) is 2.40. The number of esters is 2. The van der Waals surface area contributed by atoms with E-state index in [9.17, 15) is 9.59 Å². The number of thioether (sulfide) groups is 1. The molecule has 0 heterocycles. The molecule has 2 N–H and O–H groups in total. The van der Waals surface area contributed by atoms with Gasteiger partial charge in [0.05, 0.1) is 31.4 Å². The first-order valence-electron chi connectivity index (χ1n) is 5.85. The van der Waals surface area contributed by atoms with E-state index in [0.717, 1.165) is 4.90 Å². The van der Waals surface area contributed by atoms with Gasteiger partial charge in [-0.1, -0.05) is 6.07 Å². The van der Waals surface area contributed by atoms with E-state index < -0.39 is 5.97 Å². The van der Waals surface area contributed by atoms with Gasteiger partial charge in [0.25, 0.3) is 0 Å². The summed E-state index contributed by atoms with van der Waals surface area (Å²) < 4.78 is 9.48. The number of para-hydroxylation sites is 1. The van der Waals surface area contributed by atoms with Gasteiger partial charge < -0.3 is 15.2 Å². The number of ether oxygens (including phenoxy) is 2. The smallest absolute Gasteiger partial charge is 0.340 e. The second-order valence-corrected chi connectivity index (χ2v) is 4.75. The van der Waals surface area contributed by atoms with Crippen molar-refractivity contribution in [1.29, 1.82) is 0 Å². The van der Waals surface area contributed by atoms with Gasteiger partial charge in [0, 0.05) is 10.6 Å². The second kappa shape index (κ2) is 7.68. The lowest BCUT2D eigenvalue weighted by molar-refractivity contribution is -0.140. The standard InChI is InChI=1S/C13H17NO4S/c1-3-18-13(16)9-5-4-6-10(12(9)14)19-8-7-11(15)17-2/h4-6H,3,7-8,14H2,1-2H3. The van der Waals surface area contributed by atoms with Crippen LogP contribution in [0, 0.1) is 0 Å². The number of nitrogen functional groups attached to an aromatic ring is 1. The average molecular weight is 283 g/mol. The molecule has 0 atom stereocenters. The minimum absolute atomic E-state index is 0.271. The molecule has 19 heavy (non-hydrogen) atoms. The fourth-order valence-electron chi connectivity index (χ4n) is 1.40. The van der Waals surface area contributed by atoms with Crippen LogP contribution < -0.4 is 5.73 Å². The molecule has 1 aromatic rings. The Morgan fingerprint density at radius 3 is 2.74 bits per heavy atom. The summed E-state index contributed by atoms with van der Waals surface area (Å²) in [4.78, 5) is 23.4. The molecular weight excluding hydrogens is 266 g/mol. The van der Waals surface area contributed by atoms with Gasteiger partial charge in [-0.15, -0.1) is 11.8 Å². The van der Waals surface area contributed by atoms with Gasteiger partial charge in [-0.2, -0.15) is 0 Å². The van der Waals surface area contributed by atoms with Gasteiger partial charge >= 0.3 is 11.9 Å². The molecular formula is C13H17NO4S. The van der Waals surface area contributed by atoms with Crippen molar-refractivity contribution in [3.05, 3.63) is 23.8 Å². The van der Waals surface area contributed by atoms with Crippen molar-refractivity contribution < 1.29 is 19.1 Å². The summed E-state index contributed by atoms with van der Waals surface area (Å²) in [5.74, 6) is -0.161. The Morgan fingerprint density at radius 2 is 2.11 bits per heavy atom. The first kappa shape index (κ1) is 15.4. The highest BCUT2D eigenvalue weighted by atomic mass is 32.2. The number of rotatable bonds is 6. The van der Waals surface area contributed by atoms with Crippen LogP contribution in [0.2, 0.25) is 0 Å². The van der Waals surface area contributed by atoms with Crippen molar-refractivity contribution in [3.8, 4) is 0 Å². The van der Waals surface area contributed by atoms with Crippen LogP contribution in [-0.4, -0.2) is 31.4 Å². The Labute approximate surface area is 116 Å². The monoisotopic (exact) mass is 283 g/mol. The predicted molar refractivity (Wildman–Crippen MR) is 74.2 cm³/mol.